The fourth-order valence-electron chi connectivity index (χ4n) is 3.38. The molecule has 0 saturated carbocycles. The second-order valence-electron chi connectivity index (χ2n) is 6.51. The number of amides is 2. The van der Waals surface area contributed by atoms with E-state index in [0.717, 1.165) is 6.42 Å². The van der Waals surface area contributed by atoms with Crippen LogP contribution in [0.4, 0.5) is 0 Å². The number of halogens is 2. The summed E-state index contributed by atoms with van der Waals surface area (Å²) in [6, 6.07) is 4.21. The summed E-state index contributed by atoms with van der Waals surface area (Å²) in [7, 11) is 0. The number of carbonyl (C=O) groups is 2. The third-order valence-corrected chi connectivity index (χ3v) is 5.38. The SMILES string of the molecule is O=C(NCC1CNCC1O)C1CCCN1C(=O)c1cc(Cl)ccc1Cl. The summed E-state index contributed by atoms with van der Waals surface area (Å²) < 4.78 is 0. The Bertz CT molecular complexity index is 671. The molecule has 136 valence electrons. The fourth-order valence-corrected chi connectivity index (χ4v) is 3.75. The Hall–Kier alpha value is -1.34. The van der Waals surface area contributed by atoms with Crippen LogP contribution in [0.25, 0.3) is 0 Å². The number of hydrogen-bond acceptors (Lipinski definition) is 4. The number of β-amino-alcohol motifs (C(OH)–C–C–N with tert-alkyl or cyclic N) is 1. The maximum atomic E-state index is 12.8. The molecule has 1 aromatic carbocycles. The van der Waals surface area contributed by atoms with Gasteiger partial charge >= 0.3 is 0 Å². The zero-order valence-electron chi connectivity index (χ0n) is 13.7. The molecule has 3 rings (SSSR count). The van der Waals surface area contributed by atoms with Crippen molar-refractivity contribution in [3.8, 4) is 0 Å². The van der Waals surface area contributed by atoms with Crippen molar-refractivity contribution in [2.75, 3.05) is 26.2 Å². The Balaban J connectivity index is 1.66. The lowest BCUT2D eigenvalue weighted by molar-refractivity contribution is -0.125. The van der Waals surface area contributed by atoms with Crippen LogP contribution in [0.5, 0.6) is 0 Å². The van der Waals surface area contributed by atoms with Crippen LogP contribution in [-0.4, -0.2) is 60.1 Å². The molecule has 3 unspecified atom stereocenters. The van der Waals surface area contributed by atoms with E-state index >= 15 is 0 Å². The van der Waals surface area contributed by atoms with Gasteiger partial charge in [-0.2, -0.15) is 0 Å². The molecule has 2 saturated heterocycles. The van der Waals surface area contributed by atoms with Gasteiger partial charge in [0.2, 0.25) is 5.91 Å². The number of likely N-dealkylation sites (tertiary alicyclic amines) is 1. The van der Waals surface area contributed by atoms with E-state index in [2.05, 4.69) is 10.6 Å². The number of carbonyl (C=O) groups excluding carboxylic acids is 2. The van der Waals surface area contributed by atoms with E-state index in [1.807, 2.05) is 0 Å². The second-order valence-corrected chi connectivity index (χ2v) is 7.36. The van der Waals surface area contributed by atoms with Crippen LogP contribution >= 0.6 is 23.2 Å². The number of nitrogens with zero attached hydrogens (tertiary/aromatic N) is 1. The topological polar surface area (TPSA) is 81.7 Å². The van der Waals surface area contributed by atoms with Crippen LogP contribution in [0.1, 0.15) is 23.2 Å². The number of benzene rings is 1. The standard InChI is InChI=1S/C17H21Cl2N3O3/c18-11-3-4-13(19)12(6-11)17(25)22-5-1-2-14(22)16(24)21-8-10-7-20-9-15(10)23/h3-4,6,10,14-15,20,23H,1-2,5,7-9H2,(H,21,24). The van der Waals surface area contributed by atoms with Gasteiger partial charge in [-0.05, 0) is 31.0 Å². The highest BCUT2D eigenvalue weighted by molar-refractivity contribution is 6.35. The van der Waals surface area contributed by atoms with E-state index in [9.17, 15) is 14.7 Å². The molecule has 0 bridgehead atoms. The molecule has 6 nitrogen and oxygen atoms in total. The van der Waals surface area contributed by atoms with E-state index in [1.165, 1.54) is 6.07 Å². The molecule has 2 fully saturated rings. The van der Waals surface area contributed by atoms with Crippen molar-refractivity contribution in [2.24, 2.45) is 5.92 Å². The van der Waals surface area contributed by atoms with Crippen LogP contribution < -0.4 is 10.6 Å². The molecule has 0 aliphatic carbocycles. The van der Waals surface area contributed by atoms with Gasteiger partial charge in [0, 0.05) is 37.1 Å². The summed E-state index contributed by atoms with van der Waals surface area (Å²) in [4.78, 5) is 26.9. The number of nitrogens with one attached hydrogen (secondary N) is 2. The second kappa shape index (κ2) is 7.91. The number of rotatable bonds is 4. The van der Waals surface area contributed by atoms with Gasteiger partial charge in [0.05, 0.1) is 16.7 Å². The average molecular weight is 386 g/mol. The first kappa shape index (κ1) is 18.5. The fraction of sp³-hybridized carbons (Fsp3) is 0.529. The smallest absolute Gasteiger partial charge is 0.256 e. The third kappa shape index (κ3) is 4.08. The summed E-state index contributed by atoms with van der Waals surface area (Å²) in [5, 5.41) is 16.5. The van der Waals surface area contributed by atoms with Crippen molar-refractivity contribution >= 4 is 35.0 Å². The summed E-state index contributed by atoms with van der Waals surface area (Å²) in [5.74, 6) is -0.479. The van der Waals surface area contributed by atoms with E-state index in [4.69, 9.17) is 23.2 Å². The van der Waals surface area contributed by atoms with E-state index in [1.54, 1.807) is 17.0 Å². The van der Waals surface area contributed by atoms with Crippen molar-refractivity contribution in [3.63, 3.8) is 0 Å². The lowest BCUT2D eigenvalue weighted by Crippen LogP contribution is -2.47. The monoisotopic (exact) mass is 385 g/mol. The van der Waals surface area contributed by atoms with Gasteiger partial charge in [-0.15, -0.1) is 0 Å². The highest BCUT2D eigenvalue weighted by Crippen LogP contribution is 2.26. The Morgan fingerprint density at radius 3 is 2.84 bits per heavy atom. The van der Waals surface area contributed by atoms with E-state index < -0.39 is 12.1 Å². The lowest BCUT2D eigenvalue weighted by Gasteiger charge is -2.25. The minimum Gasteiger partial charge on any atom is -0.391 e. The van der Waals surface area contributed by atoms with Gasteiger partial charge < -0.3 is 20.6 Å². The van der Waals surface area contributed by atoms with Crippen LogP contribution in [0.3, 0.4) is 0 Å². The molecule has 2 aliphatic rings. The minimum atomic E-state index is -0.519. The van der Waals surface area contributed by atoms with Crippen LogP contribution in [0, 0.1) is 5.92 Å². The molecular weight excluding hydrogens is 365 g/mol. The first-order chi connectivity index (χ1) is 12.0. The molecule has 1 aromatic rings. The molecule has 25 heavy (non-hydrogen) atoms. The molecule has 8 heteroatoms. The summed E-state index contributed by atoms with van der Waals surface area (Å²) >= 11 is 12.1. The Kier molecular flexibility index (Phi) is 5.84. The molecule has 0 spiro atoms. The maximum Gasteiger partial charge on any atom is 0.256 e. The van der Waals surface area contributed by atoms with Crippen molar-refractivity contribution < 1.29 is 14.7 Å². The summed E-state index contributed by atoms with van der Waals surface area (Å²) in [5.41, 5.74) is 0.310. The van der Waals surface area contributed by atoms with Gasteiger partial charge in [-0.3, -0.25) is 9.59 Å². The molecule has 3 atom stereocenters. The predicted molar refractivity (Wildman–Crippen MR) is 95.9 cm³/mol. The van der Waals surface area contributed by atoms with Crippen LogP contribution in [0.15, 0.2) is 18.2 Å². The first-order valence-corrected chi connectivity index (χ1v) is 9.15. The predicted octanol–water partition coefficient (Wildman–Crippen LogP) is 1.29. The molecule has 0 radical (unpaired) electrons. The highest BCUT2D eigenvalue weighted by Gasteiger charge is 2.36. The minimum absolute atomic E-state index is 0.00289. The molecule has 0 aromatic heterocycles. The molecule has 2 aliphatic heterocycles. The third-order valence-electron chi connectivity index (χ3n) is 4.82. The van der Waals surface area contributed by atoms with Gasteiger partial charge in [-0.25, -0.2) is 0 Å². The van der Waals surface area contributed by atoms with E-state index in [0.29, 0.717) is 48.2 Å². The van der Waals surface area contributed by atoms with Gasteiger partial charge in [0.15, 0.2) is 0 Å². The van der Waals surface area contributed by atoms with Crippen LogP contribution in [0.2, 0.25) is 10.0 Å². The molecular formula is C17H21Cl2N3O3. The Morgan fingerprint density at radius 2 is 2.12 bits per heavy atom. The van der Waals surface area contributed by atoms with Crippen molar-refractivity contribution in [2.45, 2.75) is 25.0 Å². The maximum absolute atomic E-state index is 12.8. The van der Waals surface area contributed by atoms with E-state index in [-0.39, 0.29) is 17.7 Å². The molecule has 2 amide bonds. The number of hydrogen-bond donors (Lipinski definition) is 3. The Morgan fingerprint density at radius 1 is 1.32 bits per heavy atom. The van der Waals surface area contributed by atoms with Gasteiger partial charge in [0.1, 0.15) is 6.04 Å². The number of aliphatic hydroxyl groups excluding tert-OH is 1. The first-order valence-electron chi connectivity index (χ1n) is 8.40. The molecule has 2 heterocycles. The Labute approximate surface area is 156 Å². The van der Waals surface area contributed by atoms with Crippen molar-refractivity contribution in [3.05, 3.63) is 33.8 Å². The van der Waals surface area contributed by atoms with Crippen LogP contribution in [-0.2, 0) is 4.79 Å². The van der Waals surface area contributed by atoms with Gasteiger partial charge in [-0.1, -0.05) is 23.2 Å². The lowest BCUT2D eigenvalue weighted by atomic mass is 10.1. The van der Waals surface area contributed by atoms with Gasteiger partial charge in [0.25, 0.3) is 5.91 Å². The van der Waals surface area contributed by atoms with Crippen molar-refractivity contribution in [1.29, 1.82) is 0 Å². The average Bonchev–Trinajstić information content (AvgIpc) is 3.23. The zero-order chi connectivity index (χ0) is 18.0. The normalized spacial score (nSPS) is 26.0. The summed E-state index contributed by atoms with van der Waals surface area (Å²) in [6.07, 6.45) is 0.920. The van der Waals surface area contributed by atoms with Crippen molar-refractivity contribution in [1.82, 2.24) is 15.5 Å². The quantitative estimate of drug-likeness (QED) is 0.729. The largest absolute Gasteiger partial charge is 0.391 e. The summed E-state index contributed by atoms with van der Waals surface area (Å²) in [6.45, 7) is 2.12. The zero-order valence-corrected chi connectivity index (χ0v) is 15.2. The molecule has 3 N–H and O–H groups in total. The number of aliphatic hydroxyl groups is 1. The highest BCUT2D eigenvalue weighted by atomic mass is 35.5.